The number of nitrogens with one attached hydrogen (secondary N) is 1. The van der Waals surface area contributed by atoms with E-state index in [0.717, 1.165) is 32.2 Å². The van der Waals surface area contributed by atoms with Gasteiger partial charge in [0.25, 0.3) is 0 Å². The fourth-order valence-electron chi connectivity index (χ4n) is 2.34. The highest BCUT2D eigenvalue weighted by Gasteiger charge is 2.31. The van der Waals surface area contributed by atoms with Gasteiger partial charge < -0.3 is 5.32 Å². The molecule has 1 unspecified atom stereocenters. The number of hydrogen-bond donors (Lipinski definition) is 1. The number of hydrogen-bond acceptors (Lipinski definition) is 5. The zero-order chi connectivity index (χ0) is 14.6. The largest absolute Gasteiger partial charge is 0.354 e. The summed E-state index contributed by atoms with van der Waals surface area (Å²) in [6.45, 7) is 5.35. The molecule has 2 heterocycles. The van der Waals surface area contributed by atoms with Crippen molar-refractivity contribution >= 4 is 16.0 Å². The standard InChI is InChI=1S/C13H22N4O2S/c1-3-7-14-13-15-9-12(10-16-13)20(18,19)17-8-5-4-6-11(17)2/h9-11H,3-8H2,1-2H3,(H,14,15,16). The molecule has 1 saturated heterocycles. The minimum absolute atomic E-state index is 0.0478. The first kappa shape index (κ1) is 15.2. The fraction of sp³-hybridized carbons (Fsp3) is 0.692. The summed E-state index contributed by atoms with van der Waals surface area (Å²) in [4.78, 5) is 8.32. The third kappa shape index (κ3) is 3.27. The molecule has 1 fully saturated rings. The van der Waals surface area contributed by atoms with Gasteiger partial charge in [0.15, 0.2) is 0 Å². The van der Waals surface area contributed by atoms with Crippen molar-refractivity contribution in [2.75, 3.05) is 18.4 Å². The Morgan fingerprint density at radius 3 is 2.65 bits per heavy atom. The third-order valence-electron chi connectivity index (χ3n) is 3.51. The molecule has 20 heavy (non-hydrogen) atoms. The van der Waals surface area contributed by atoms with E-state index in [-0.39, 0.29) is 10.9 Å². The maximum Gasteiger partial charge on any atom is 0.246 e. The quantitative estimate of drug-likeness (QED) is 0.898. The maximum absolute atomic E-state index is 12.5. The summed E-state index contributed by atoms with van der Waals surface area (Å²) in [5.74, 6) is 0.470. The van der Waals surface area contributed by atoms with E-state index in [9.17, 15) is 8.42 Å². The van der Waals surface area contributed by atoms with Gasteiger partial charge in [0.05, 0.1) is 12.4 Å². The molecule has 7 heteroatoms. The third-order valence-corrected chi connectivity index (χ3v) is 5.48. The predicted octanol–water partition coefficient (Wildman–Crippen LogP) is 1.86. The van der Waals surface area contributed by atoms with E-state index in [1.165, 1.54) is 12.4 Å². The lowest BCUT2D eigenvalue weighted by Gasteiger charge is -2.32. The Bertz CT molecular complexity index is 530. The lowest BCUT2D eigenvalue weighted by Crippen LogP contribution is -2.42. The summed E-state index contributed by atoms with van der Waals surface area (Å²) in [7, 11) is -3.47. The van der Waals surface area contributed by atoms with Gasteiger partial charge in [-0.05, 0) is 26.2 Å². The summed E-state index contributed by atoms with van der Waals surface area (Å²) in [6.07, 6.45) is 6.67. The molecular formula is C13H22N4O2S. The SMILES string of the molecule is CCCNc1ncc(S(=O)(=O)N2CCCCC2C)cn1. The molecule has 0 bridgehead atoms. The van der Waals surface area contributed by atoms with E-state index < -0.39 is 10.0 Å². The summed E-state index contributed by atoms with van der Waals surface area (Å²) >= 11 is 0. The number of rotatable bonds is 5. The average molecular weight is 298 g/mol. The molecule has 0 aliphatic carbocycles. The molecule has 0 spiro atoms. The second-order valence-corrected chi connectivity index (χ2v) is 7.02. The summed E-state index contributed by atoms with van der Waals surface area (Å²) in [5.41, 5.74) is 0. The molecule has 0 radical (unpaired) electrons. The number of piperidine rings is 1. The zero-order valence-corrected chi connectivity index (χ0v) is 12.9. The highest BCUT2D eigenvalue weighted by atomic mass is 32.2. The molecule has 112 valence electrons. The molecule has 0 saturated carbocycles. The smallest absolute Gasteiger partial charge is 0.246 e. The normalized spacial score (nSPS) is 20.8. The van der Waals surface area contributed by atoms with Crippen molar-refractivity contribution in [2.45, 2.75) is 50.5 Å². The highest BCUT2D eigenvalue weighted by molar-refractivity contribution is 7.89. The molecule has 1 N–H and O–H groups in total. The minimum Gasteiger partial charge on any atom is -0.354 e. The molecule has 1 aliphatic rings. The van der Waals surface area contributed by atoms with Crippen LogP contribution in [0.4, 0.5) is 5.95 Å². The molecule has 0 amide bonds. The molecule has 1 aromatic rings. The van der Waals surface area contributed by atoms with Crippen LogP contribution in [-0.4, -0.2) is 41.8 Å². The summed E-state index contributed by atoms with van der Waals surface area (Å²) in [5, 5.41) is 3.03. The van der Waals surface area contributed by atoms with E-state index in [2.05, 4.69) is 15.3 Å². The number of aromatic nitrogens is 2. The lowest BCUT2D eigenvalue weighted by atomic mass is 10.1. The van der Waals surface area contributed by atoms with Gasteiger partial charge in [0.1, 0.15) is 4.90 Å². The molecule has 1 aromatic heterocycles. The Kier molecular flexibility index (Phi) is 4.93. The molecule has 6 nitrogen and oxygen atoms in total. The minimum atomic E-state index is -3.47. The van der Waals surface area contributed by atoms with Gasteiger partial charge in [-0.25, -0.2) is 18.4 Å². The molecular weight excluding hydrogens is 276 g/mol. The van der Waals surface area contributed by atoms with Crippen molar-refractivity contribution in [1.29, 1.82) is 0 Å². The monoisotopic (exact) mass is 298 g/mol. The second-order valence-electron chi connectivity index (χ2n) is 5.13. The molecule has 0 aromatic carbocycles. The van der Waals surface area contributed by atoms with Crippen LogP contribution in [0.1, 0.15) is 39.5 Å². The lowest BCUT2D eigenvalue weighted by molar-refractivity contribution is 0.268. The summed E-state index contributed by atoms with van der Waals surface area (Å²) in [6, 6.07) is 0.0478. The van der Waals surface area contributed by atoms with Gasteiger partial charge in [0.2, 0.25) is 16.0 Å². The van der Waals surface area contributed by atoms with Crippen molar-refractivity contribution in [3.8, 4) is 0 Å². The van der Waals surface area contributed by atoms with Crippen molar-refractivity contribution in [3.05, 3.63) is 12.4 Å². The van der Waals surface area contributed by atoms with Gasteiger partial charge in [0, 0.05) is 19.1 Å². The first-order valence-corrected chi connectivity index (χ1v) is 8.57. The van der Waals surface area contributed by atoms with E-state index in [1.54, 1.807) is 4.31 Å². The van der Waals surface area contributed by atoms with Crippen LogP contribution >= 0.6 is 0 Å². The van der Waals surface area contributed by atoms with Crippen molar-refractivity contribution in [3.63, 3.8) is 0 Å². The number of anilines is 1. The van der Waals surface area contributed by atoms with E-state index >= 15 is 0 Å². The number of nitrogens with zero attached hydrogens (tertiary/aromatic N) is 3. The Morgan fingerprint density at radius 1 is 1.35 bits per heavy atom. The van der Waals surface area contributed by atoms with Gasteiger partial charge in [-0.3, -0.25) is 0 Å². The van der Waals surface area contributed by atoms with E-state index in [0.29, 0.717) is 12.5 Å². The predicted molar refractivity (Wildman–Crippen MR) is 78.0 cm³/mol. The van der Waals surface area contributed by atoms with Crippen LogP contribution in [0, 0.1) is 0 Å². The van der Waals surface area contributed by atoms with Gasteiger partial charge in [-0.1, -0.05) is 13.3 Å². The topological polar surface area (TPSA) is 75.2 Å². The molecule has 2 rings (SSSR count). The van der Waals surface area contributed by atoms with Crippen molar-refractivity contribution in [2.24, 2.45) is 0 Å². The average Bonchev–Trinajstić information content (AvgIpc) is 2.46. The Morgan fingerprint density at radius 2 is 2.05 bits per heavy atom. The molecule has 1 aliphatic heterocycles. The Labute approximate surface area is 120 Å². The zero-order valence-electron chi connectivity index (χ0n) is 12.0. The van der Waals surface area contributed by atoms with Crippen LogP contribution in [-0.2, 0) is 10.0 Å². The van der Waals surface area contributed by atoms with Crippen LogP contribution in [0.2, 0.25) is 0 Å². The van der Waals surface area contributed by atoms with Gasteiger partial charge >= 0.3 is 0 Å². The number of sulfonamides is 1. The molecule has 1 atom stereocenters. The van der Waals surface area contributed by atoms with E-state index in [4.69, 9.17) is 0 Å². The fourth-order valence-corrected chi connectivity index (χ4v) is 3.93. The van der Waals surface area contributed by atoms with Gasteiger partial charge in [-0.2, -0.15) is 4.31 Å². The second kappa shape index (κ2) is 6.49. The summed E-state index contributed by atoms with van der Waals surface area (Å²) < 4.78 is 26.7. The van der Waals surface area contributed by atoms with Gasteiger partial charge in [-0.15, -0.1) is 0 Å². The van der Waals surface area contributed by atoms with Crippen LogP contribution in [0.5, 0.6) is 0 Å². The highest BCUT2D eigenvalue weighted by Crippen LogP contribution is 2.24. The van der Waals surface area contributed by atoms with Crippen LogP contribution in [0.25, 0.3) is 0 Å². The van der Waals surface area contributed by atoms with E-state index in [1.807, 2.05) is 13.8 Å². The Hall–Kier alpha value is -1.21. The first-order chi connectivity index (χ1) is 9.55. The van der Waals surface area contributed by atoms with Crippen LogP contribution < -0.4 is 5.32 Å². The van der Waals surface area contributed by atoms with Crippen LogP contribution in [0.3, 0.4) is 0 Å². The van der Waals surface area contributed by atoms with Crippen molar-refractivity contribution in [1.82, 2.24) is 14.3 Å². The van der Waals surface area contributed by atoms with Crippen molar-refractivity contribution < 1.29 is 8.42 Å². The van der Waals surface area contributed by atoms with Crippen LogP contribution in [0.15, 0.2) is 17.3 Å². The Balaban J connectivity index is 2.16. The maximum atomic E-state index is 12.5. The first-order valence-electron chi connectivity index (χ1n) is 7.13.